The van der Waals surface area contributed by atoms with Gasteiger partial charge in [-0.2, -0.15) is 10.1 Å². The van der Waals surface area contributed by atoms with Gasteiger partial charge in [-0.15, -0.1) is 0 Å². The first kappa shape index (κ1) is 19.6. The Morgan fingerprint density at radius 3 is 2.27 bits per heavy atom. The van der Waals surface area contributed by atoms with Crippen molar-refractivity contribution in [3.63, 3.8) is 0 Å². The number of hydrogen-bond donors (Lipinski definition) is 1. The van der Waals surface area contributed by atoms with E-state index in [2.05, 4.69) is 10.2 Å². The van der Waals surface area contributed by atoms with Crippen molar-refractivity contribution in [3.05, 3.63) is 86.6 Å². The molecule has 4 rings (SSSR count). The highest BCUT2D eigenvalue weighted by molar-refractivity contribution is 6.32. The minimum atomic E-state index is -0.382. The van der Waals surface area contributed by atoms with Crippen LogP contribution in [0.1, 0.15) is 29.3 Å². The lowest BCUT2D eigenvalue weighted by molar-refractivity contribution is -0.114. The second-order valence-corrected chi connectivity index (χ2v) is 7.40. The molecule has 6 nitrogen and oxygen atoms in total. The number of carbonyl (C=O) groups excluding carboxylic acids is 1. The lowest BCUT2D eigenvalue weighted by Crippen LogP contribution is -2.22. The topological polar surface area (TPSA) is 70.5 Å². The Morgan fingerprint density at radius 2 is 1.60 bits per heavy atom. The van der Waals surface area contributed by atoms with Gasteiger partial charge in [0, 0.05) is 5.69 Å². The Hall–Kier alpha value is -3.74. The summed E-state index contributed by atoms with van der Waals surface area (Å²) in [6.07, 6.45) is 1.57. The van der Waals surface area contributed by atoms with Gasteiger partial charge in [-0.3, -0.25) is 14.7 Å². The van der Waals surface area contributed by atoms with Crippen molar-refractivity contribution < 1.29 is 9.18 Å². The fourth-order valence-corrected chi connectivity index (χ4v) is 3.36. The number of nitrogens with zero attached hydrogens (tertiary/aromatic N) is 3. The molecule has 0 saturated heterocycles. The third kappa shape index (κ3) is 3.28. The van der Waals surface area contributed by atoms with Crippen LogP contribution in [0.25, 0.3) is 11.8 Å². The van der Waals surface area contributed by atoms with Crippen LogP contribution in [0.15, 0.2) is 57.9 Å². The van der Waals surface area contributed by atoms with Crippen LogP contribution < -0.4 is 10.6 Å². The number of aromatic nitrogens is 2. The van der Waals surface area contributed by atoms with Gasteiger partial charge in [0.1, 0.15) is 5.82 Å². The molecular weight excluding hydrogens is 383 g/mol. The molecule has 1 aliphatic heterocycles. The molecule has 0 spiro atoms. The number of amides is 1. The summed E-state index contributed by atoms with van der Waals surface area (Å²) in [6, 6.07) is 11.3. The van der Waals surface area contributed by atoms with E-state index in [1.165, 1.54) is 34.0 Å². The molecule has 3 aromatic rings. The molecule has 30 heavy (non-hydrogen) atoms. The van der Waals surface area contributed by atoms with E-state index in [-0.39, 0.29) is 17.3 Å². The van der Waals surface area contributed by atoms with E-state index < -0.39 is 0 Å². The van der Waals surface area contributed by atoms with Crippen LogP contribution in [0.4, 0.5) is 10.1 Å². The van der Waals surface area contributed by atoms with Crippen molar-refractivity contribution in [1.29, 1.82) is 0 Å². The maximum absolute atomic E-state index is 13.2. The van der Waals surface area contributed by atoms with E-state index in [1.807, 2.05) is 32.0 Å². The van der Waals surface area contributed by atoms with Crippen molar-refractivity contribution in [2.75, 3.05) is 5.01 Å². The minimum Gasteiger partial charge on any atom is -0.295 e. The summed E-state index contributed by atoms with van der Waals surface area (Å²) in [7, 11) is 0. The number of H-pyrrole nitrogens is 1. The van der Waals surface area contributed by atoms with Crippen LogP contribution >= 0.6 is 0 Å². The number of hydrogen-bond acceptors (Lipinski definition) is 3. The van der Waals surface area contributed by atoms with E-state index in [9.17, 15) is 14.0 Å². The van der Waals surface area contributed by atoms with Gasteiger partial charge >= 0.3 is 0 Å². The third-order valence-electron chi connectivity index (χ3n) is 5.29. The normalized spacial score (nSPS) is 15.2. The highest BCUT2D eigenvalue weighted by Crippen LogP contribution is 2.26. The van der Waals surface area contributed by atoms with Crippen molar-refractivity contribution in [3.8, 4) is 5.69 Å². The molecule has 152 valence electrons. The number of halogens is 1. The smallest absolute Gasteiger partial charge is 0.280 e. The molecule has 1 N–H and O–H groups in total. The third-order valence-corrected chi connectivity index (χ3v) is 5.29. The summed E-state index contributed by atoms with van der Waals surface area (Å²) in [5.41, 5.74) is 4.91. The summed E-state index contributed by atoms with van der Waals surface area (Å²) < 4.78 is 14.5. The fraction of sp³-hybridized carbons (Fsp3) is 0.174. The molecule has 0 unspecified atom stereocenters. The number of nitrogens with one attached hydrogen (secondary N) is 1. The zero-order valence-electron chi connectivity index (χ0n) is 17.2. The average Bonchev–Trinajstić information content (AvgIpc) is 3.15. The van der Waals surface area contributed by atoms with E-state index in [4.69, 9.17) is 0 Å². The van der Waals surface area contributed by atoms with Gasteiger partial charge in [0.15, 0.2) is 0 Å². The second kappa shape index (κ2) is 7.26. The molecular formula is C23H21FN4O2. The summed E-state index contributed by atoms with van der Waals surface area (Å²) in [4.78, 5) is 26.0. The molecule has 0 atom stereocenters. The van der Waals surface area contributed by atoms with E-state index in [0.29, 0.717) is 33.9 Å². The van der Waals surface area contributed by atoms with Crippen LogP contribution in [-0.2, 0) is 4.79 Å². The molecule has 2 aromatic carbocycles. The Kier molecular flexibility index (Phi) is 4.73. The molecule has 0 bridgehead atoms. The highest BCUT2D eigenvalue weighted by atomic mass is 19.1. The Labute approximate surface area is 172 Å². The average molecular weight is 404 g/mol. The van der Waals surface area contributed by atoms with E-state index in [0.717, 1.165) is 11.1 Å². The molecule has 0 radical (unpaired) electrons. The summed E-state index contributed by atoms with van der Waals surface area (Å²) in [6.45, 7) is 7.48. The van der Waals surface area contributed by atoms with Gasteiger partial charge in [0.05, 0.1) is 28.2 Å². The predicted molar refractivity (Wildman–Crippen MR) is 116 cm³/mol. The van der Waals surface area contributed by atoms with Gasteiger partial charge in [0.2, 0.25) is 0 Å². The molecule has 1 aromatic heterocycles. The van der Waals surface area contributed by atoms with Gasteiger partial charge in [-0.1, -0.05) is 6.07 Å². The van der Waals surface area contributed by atoms with Gasteiger partial charge in [0.25, 0.3) is 11.5 Å². The molecule has 7 heteroatoms. The minimum absolute atomic E-state index is 0.288. The molecule has 0 aliphatic carbocycles. The SMILES string of the molecule is CC1=NN(c2ccc(C)c(C)c2)C(=O)/C1=C/c1c(C)[nH]n(-c2ccc(F)cc2)c1=O. The molecule has 0 fully saturated rings. The summed E-state index contributed by atoms with van der Waals surface area (Å²) >= 11 is 0. The van der Waals surface area contributed by atoms with Crippen LogP contribution in [0.5, 0.6) is 0 Å². The maximum atomic E-state index is 13.2. The monoisotopic (exact) mass is 404 g/mol. The molecule has 0 saturated carbocycles. The number of carbonyl (C=O) groups is 1. The van der Waals surface area contributed by atoms with Crippen LogP contribution in [0.2, 0.25) is 0 Å². The van der Waals surface area contributed by atoms with Crippen LogP contribution in [0.3, 0.4) is 0 Å². The molecule has 2 heterocycles. The highest BCUT2D eigenvalue weighted by Gasteiger charge is 2.29. The first-order valence-electron chi connectivity index (χ1n) is 9.53. The lowest BCUT2D eigenvalue weighted by atomic mass is 10.1. The van der Waals surface area contributed by atoms with Crippen molar-refractivity contribution >= 4 is 23.4 Å². The standard InChI is InChI=1S/C23H21FN4O2/c1-13-5-8-19(11-14(13)2)28-23(30)21(16(4)26-28)12-20-15(3)25-27(22(20)29)18-9-6-17(24)7-10-18/h5-12,25H,1-4H3/b21-12+. The number of benzene rings is 2. The maximum Gasteiger partial charge on any atom is 0.280 e. The first-order chi connectivity index (χ1) is 14.3. The zero-order valence-corrected chi connectivity index (χ0v) is 17.2. The Morgan fingerprint density at radius 1 is 0.933 bits per heavy atom. The lowest BCUT2D eigenvalue weighted by Gasteiger charge is -2.13. The molecule has 1 amide bonds. The predicted octanol–water partition coefficient (Wildman–Crippen LogP) is 4.04. The quantitative estimate of drug-likeness (QED) is 0.670. The Bertz CT molecular complexity index is 1280. The van der Waals surface area contributed by atoms with Crippen molar-refractivity contribution in [2.45, 2.75) is 27.7 Å². The number of aryl methyl sites for hydroxylation is 3. The first-order valence-corrected chi connectivity index (χ1v) is 9.53. The Balaban J connectivity index is 1.73. The fourth-order valence-electron chi connectivity index (χ4n) is 3.36. The zero-order chi connectivity index (χ0) is 21.6. The van der Waals surface area contributed by atoms with Gasteiger partial charge in [-0.05, 0) is 81.3 Å². The number of anilines is 1. The molecule has 1 aliphatic rings. The number of hydrazone groups is 1. The summed E-state index contributed by atoms with van der Waals surface area (Å²) in [5.74, 6) is -0.670. The van der Waals surface area contributed by atoms with Crippen LogP contribution in [-0.4, -0.2) is 21.4 Å². The van der Waals surface area contributed by atoms with Crippen molar-refractivity contribution in [2.24, 2.45) is 5.10 Å². The number of aromatic amines is 1. The summed E-state index contributed by atoms with van der Waals surface area (Å²) in [5, 5.41) is 8.73. The van der Waals surface area contributed by atoms with E-state index >= 15 is 0 Å². The van der Waals surface area contributed by atoms with Gasteiger partial charge < -0.3 is 0 Å². The van der Waals surface area contributed by atoms with E-state index in [1.54, 1.807) is 19.9 Å². The van der Waals surface area contributed by atoms with Gasteiger partial charge in [-0.25, -0.2) is 9.07 Å². The van der Waals surface area contributed by atoms with Crippen molar-refractivity contribution in [1.82, 2.24) is 9.78 Å². The number of rotatable bonds is 3. The van der Waals surface area contributed by atoms with Crippen LogP contribution in [0, 0.1) is 26.6 Å². The second-order valence-electron chi connectivity index (χ2n) is 7.40. The largest absolute Gasteiger partial charge is 0.295 e.